The van der Waals surface area contributed by atoms with E-state index in [2.05, 4.69) is 0 Å². The first kappa shape index (κ1) is 15.8. The smallest absolute Gasteiger partial charge is 0.138 e. The largest absolute Gasteiger partial charge is 0.399 e. The van der Waals surface area contributed by atoms with E-state index in [9.17, 15) is 9.50 Å². The zero-order valence-electron chi connectivity index (χ0n) is 11.6. The van der Waals surface area contributed by atoms with Crippen molar-refractivity contribution >= 4 is 17.4 Å². The molecule has 0 amide bonds. The Hall–Kier alpha value is -1.56. The number of thioether (sulfide) groups is 1. The minimum absolute atomic E-state index is 0.342. The lowest BCUT2D eigenvalue weighted by atomic mass is 10.0. The molecule has 0 aliphatic carbocycles. The van der Waals surface area contributed by atoms with Crippen molar-refractivity contribution in [3.05, 3.63) is 59.9 Å². The summed E-state index contributed by atoms with van der Waals surface area (Å²) in [6, 6.07) is 13.9. The van der Waals surface area contributed by atoms with Crippen molar-refractivity contribution < 1.29 is 9.50 Å². The lowest BCUT2D eigenvalue weighted by Crippen LogP contribution is -2.38. The van der Waals surface area contributed by atoms with E-state index < -0.39 is 6.10 Å². The molecule has 2 unspecified atom stereocenters. The van der Waals surface area contributed by atoms with Gasteiger partial charge >= 0.3 is 0 Å². The van der Waals surface area contributed by atoms with Crippen molar-refractivity contribution in [2.75, 3.05) is 11.5 Å². The Balaban J connectivity index is 1.87. The molecule has 0 saturated heterocycles. The van der Waals surface area contributed by atoms with E-state index in [0.29, 0.717) is 22.8 Å². The molecule has 0 aliphatic heterocycles. The highest BCUT2D eigenvalue weighted by atomic mass is 32.2. The zero-order chi connectivity index (χ0) is 15.2. The van der Waals surface area contributed by atoms with Crippen LogP contribution in [-0.2, 0) is 6.42 Å². The zero-order valence-corrected chi connectivity index (χ0v) is 12.4. The number of hydrogen-bond acceptors (Lipinski definition) is 4. The van der Waals surface area contributed by atoms with E-state index in [1.807, 2.05) is 30.3 Å². The Kier molecular flexibility index (Phi) is 5.61. The Labute approximate surface area is 128 Å². The number of aliphatic hydroxyl groups excluding tert-OH is 1. The highest BCUT2D eigenvalue weighted by Gasteiger charge is 2.16. The fourth-order valence-electron chi connectivity index (χ4n) is 1.96. The van der Waals surface area contributed by atoms with Gasteiger partial charge in [0, 0.05) is 22.4 Å². The quantitative estimate of drug-likeness (QED) is 0.566. The minimum atomic E-state index is -0.702. The fourth-order valence-corrected chi connectivity index (χ4v) is 2.91. The molecule has 0 spiro atoms. The molecule has 21 heavy (non-hydrogen) atoms. The fraction of sp³-hybridized carbons (Fsp3) is 0.250. The summed E-state index contributed by atoms with van der Waals surface area (Å²) in [7, 11) is 0. The molecule has 0 heterocycles. The maximum Gasteiger partial charge on any atom is 0.138 e. The van der Waals surface area contributed by atoms with Crippen molar-refractivity contribution in [2.45, 2.75) is 23.5 Å². The Morgan fingerprint density at radius 1 is 1.14 bits per heavy atom. The number of nitrogens with two attached hydrogens (primary N) is 2. The molecule has 2 atom stereocenters. The third-order valence-electron chi connectivity index (χ3n) is 3.17. The summed E-state index contributed by atoms with van der Waals surface area (Å²) in [5, 5.41) is 10.1. The highest BCUT2D eigenvalue weighted by Crippen LogP contribution is 2.24. The van der Waals surface area contributed by atoms with Crippen LogP contribution < -0.4 is 11.5 Å². The molecule has 0 aliphatic rings. The number of rotatable bonds is 6. The van der Waals surface area contributed by atoms with Gasteiger partial charge in [0.05, 0.1) is 6.10 Å². The first-order valence-electron chi connectivity index (χ1n) is 6.71. The predicted molar refractivity (Wildman–Crippen MR) is 85.7 cm³/mol. The summed E-state index contributed by atoms with van der Waals surface area (Å²) >= 11 is 1.24. The van der Waals surface area contributed by atoms with Crippen LogP contribution in [0.1, 0.15) is 5.56 Å². The normalized spacial score (nSPS) is 13.9. The van der Waals surface area contributed by atoms with Crippen LogP contribution in [0.5, 0.6) is 0 Å². The van der Waals surface area contributed by atoms with Crippen LogP contribution in [0.3, 0.4) is 0 Å². The summed E-state index contributed by atoms with van der Waals surface area (Å²) in [6.07, 6.45) is -0.112. The van der Waals surface area contributed by atoms with Crippen molar-refractivity contribution in [1.29, 1.82) is 0 Å². The van der Waals surface area contributed by atoms with Crippen LogP contribution in [0.25, 0.3) is 0 Å². The first-order chi connectivity index (χ1) is 10.1. The second kappa shape index (κ2) is 7.45. The average Bonchev–Trinajstić information content (AvgIpc) is 2.47. The summed E-state index contributed by atoms with van der Waals surface area (Å²) < 4.78 is 13.6. The molecule has 5 heteroatoms. The van der Waals surface area contributed by atoms with Crippen molar-refractivity contribution in [2.24, 2.45) is 5.73 Å². The molecule has 2 aromatic carbocycles. The maximum absolute atomic E-state index is 13.6. The van der Waals surface area contributed by atoms with Gasteiger partial charge in [0.2, 0.25) is 0 Å². The van der Waals surface area contributed by atoms with E-state index in [1.54, 1.807) is 12.1 Å². The first-order valence-corrected chi connectivity index (χ1v) is 7.70. The van der Waals surface area contributed by atoms with Gasteiger partial charge in [-0.15, -0.1) is 11.8 Å². The standard InChI is InChI=1S/C16H19FN2OS/c17-13-9-12(18)6-7-16(13)21-10-15(20)14(19)8-11-4-2-1-3-5-11/h1-7,9,14-15,20H,8,10,18-19H2. The highest BCUT2D eigenvalue weighted by molar-refractivity contribution is 7.99. The topological polar surface area (TPSA) is 72.3 Å². The second-order valence-corrected chi connectivity index (χ2v) is 5.98. The lowest BCUT2D eigenvalue weighted by molar-refractivity contribution is 0.167. The van der Waals surface area contributed by atoms with Gasteiger partial charge in [-0.3, -0.25) is 0 Å². The maximum atomic E-state index is 13.6. The van der Waals surface area contributed by atoms with Crippen LogP contribution in [0.15, 0.2) is 53.4 Å². The van der Waals surface area contributed by atoms with E-state index in [0.717, 1.165) is 5.56 Å². The van der Waals surface area contributed by atoms with Crippen LogP contribution in [0.2, 0.25) is 0 Å². The van der Waals surface area contributed by atoms with Gasteiger partial charge in [0.15, 0.2) is 0 Å². The van der Waals surface area contributed by atoms with E-state index in [-0.39, 0.29) is 11.9 Å². The van der Waals surface area contributed by atoms with Gasteiger partial charge in [-0.1, -0.05) is 30.3 Å². The van der Waals surface area contributed by atoms with Crippen LogP contribution >= 0.6 is 11.8 Å². The lowest BCUT2D eigenvalue weighted by Gasteiger charge is -2.18. The van der Waals surface area contributed by atoms with Gasteiger partial charge in [0.25, 0.3) is 0 Å². The third kappa shape index (κ3) is 4.74. The van der Waals surface area contributed by atoms with Gasteiger partial charge in [-0.25, -0.2) is 4.39 Å². The monoisotopic (exact) mass is 306 g/mol. The molecule has 0 fully saturated rings. The number of hydrogen-bond donors (Lipinski definition) is 3. The predicted octanol–water partition coefficient (Wildman–Crippen LogP) is 2.43. The molecule has 0 bridgehead atoms. The molecule has 2 aromatic rings. The number of nitrogen functional groups attached to an aromatic ring is 1. The SMILES string of the molecule is Nc1ccc(SCC(O)C(N)Cc2ccccc2)c(F)c1. The Bertz CT molecular complexity index is 580. The van der Waals surface area contributed by atoms with E-state index >= 15 is 0 Å². The molecular formula is C16H19FN2OS. The molecule has 112 valence electrons. The minimum Gasteiger partial charge on any atom is -0.399 e. The number of halogens is 1. The van der Waals surface area contributed by atoms with Crippen molar-refractivity contribution in [3.63, 3.8) is 0 Å². The second-order valence-electron chi connectivity index (χ2n) is 4.92. The van der Waals surface area contributed by atoms with Crippen LogP contribution in [0, 0.1) is 5.82 Å². The van der Waals surface area contributed by atoms with E-state index in [1.165, 1.54) is 17.8 Å². The Morgan fingerprint density at radius 3 is 2.52 bits per heavy atom. The van der Waals surface area contributed by atoms with Crippen LogP contribution in [-0.4, -0.2) is 23.0 Å². The number of anilines is 1. The van der Waals surface area contributed by atoms with Gasteiger partial charge in [0.1, 0.15) is 5.82 Å². The number of aliphatic hydroxyl groups is 1. The summed E-state index contributed by atoms with van der Waals surface area (Å²) in [6.45, 7) is 0. The molecule has 0 radical (unpaired) electrons. The third-order valence-corrected chi connectivity index (χ3v) is 4.32. The summed E-state index contributed by atoms with van der Waals surface area (Å²) in [5.41, 5.74) is 13.0. The van der Waals surface area contributed by atoms with Crippen molar-refractivity contribution in [3.8, 4) is 0 Å². The average molecular weight is 306 g/mol. The van der Waals surface area contributed by atoms with Gasteiger partial charge < -0.3 is 16.6 Å². The van der Waals surface area contributed by atoms with Gasteiger partial charge in [-0.2, -0.15) is 0 Å². The molecule has 0 saturated carbocycles. The molecule has 3 nitrogen and oxygen atoms in total. The van der Waals surface area contributed by atoms with Crippen molar-refractivity contribution in [1.82, 2.24) is 0 Å². The summed E-state index contributed by atoms with van der Waals surface area (Å²) in [5.74, 6) is -0.0294. The molecule has 0 aromatic heterocycles. The van der Waals surface area contributed by atoms with Gasteiger partial charge in [-0.05, 0) is 30.2 Å². The van der Waals surface area contributed by atoms with Crippen LogP contribution in [0.4, 0.5) is 10.1 Å². The molecular weight excluding hydrogens is 287 g/mol. The Morgan fingerprint density at radius 2 is 1.86 bits per heavy atom. The summed E-state index contributed by atoms with van der Waals surface area (Å²) in [4.78, 5) is 0.468. The van der Waals surface area contributed by atoms with E-state index in [4.69, 9.17) is 11.5 Å². The molecule has 2 rings (SSSR count). The molecule has 5 N–H and O–H groups in total. The number of benzene rings is 2.